The Balaban J connectivity index is 1.63. The number of fused-ring (bicyclic) bond motifs is 1. The molecule has 2 aliphatic carbocycles. The lowest BCUT2D eigenvalue weighted by Gasteiger charge is -2.39. The van der Waals surface area contributed by atoms with Crippen LogP contribution in [0.15, 0.2) is 18.2 Å². The molecule has 2 saturated carbocycles. The molecule has 38 heavy (non-hydrogen) atoms. The quantitative estimate of drug-likeness (QED) is 0.341. The predicted octanol–water partition coefficient (Wildman–Crippen LogP) is 3.15. The summed E-state index contributed by atoms with van der Waals surface area (Å²) in [7, 11) is 1.50. The Bertz CT molecular complexity index is 1150. The van der Waals surface area contributed by atoms with E-state index >= 15 is 0 Å². The first-order chi connectivity index (χ1) is 18.3. The summed E-state index contributed by atoms with van der Waals surface area (Å²) in [6.07, 6.45) is 1.38. The van der Waals surface area contributed by atoms with Crippen LogP contribution in [-0.2, 0) is 4.74 Å². The highest BCUT2D eigenvalue weighted by Gasteiger charge is 2.45. The molecule has 0 amide bonds. The Hall–Kier alpha value is -2.43. The third kappa shape index (κ3) is 4.98. The van der Waals surface area contributed by atoms with E-state index in [1.54, 1.807) is 6.07 Å². The van der Waals surface area contributed by atoms with Crippen LogP contribution in [0.2, 0.25) is 0 Å². The molecular weight excluding hydrogens is 492 g/mol. The van der Waals surface area contributed by atoms with Crippen molar-refractivity contribution < 1.29 is 44.5 Å². The van der Waals surface area contributed by atoms with Crippen molar-refractivity contribution in [1.82, 2.24) is 0 Å². The summed E-state index contributed by atoms with van der Waals surface area (Å²) in [5.74, 6) is 0.356. The smallest absolute Gasteiger partial charge is 0.229 e. The zero-order valence-electron chi connectivity index (χ0n) is 21.7. The molecule has 1 heterocycles. The number of ketones is 1. The molecule has 2 aromatic carbocycles. The Labute approximate surface area is 222 Å². The van der Waals surface area contributed by atoms with Crippen LogP contribution in [0.25, 0.3) is 10.8 Å². The molecule has 0 unspecified atom stereocenters. The normalized spacial score (nSPS) is 29.0. The molecule has 0 radical (unpaired) electrons. The number of carbonyl (C=O) groups is 1. The number of aliphatic hydroxyl groups excluding tert-OH is 4. The number of hydrogen-bond acceptors (Lipinski definition) is 9. The van der Waals surface area contributed by atoms with Crippen LogP contribution < -0.4 is 9.47 Å². The zero-order chi connectivity index (χ0) is 27.0. The maximum atomic E-state index is 13.9. The van der Waals surface area contributed by atoms with Crippen LogP contribution in [0.5, 0.6) is 17.2 Å². The minimum Gasteiger partial charge on any atom is -0.506 e. The first-order valence-electron chi connectivity index (χ1n) is 13.7. The minimum absolute atomic E-state index is 0.0411. The van der Waals surface area contributed by atoms with E-state index < -0.39 is 37.3 Å². The number of benzene rings is 2. The predicted molar refractivity (Wildman–Crippen MR) is 139 cm³/mol. The maximum absolute atomic E-state index is 13.9. The molecule has 9 heteroatoms. The summed E-state index contributed by atoms with van der Waals surface area (Å²) < 4.78 is 17.0. The summed E-state index contributed by atoms with van der Waals surface area (Å²) >= 11 is 0. The Morgan fingerprint density at radius 2 is 1.63 bits per heavy atom. The Morgan fingerprint density at radius 3 is 2.29 bits per heavy atom. The van der Waals surface area contributed by atoms with Crippen LogP contribution in [-0.4, -0.2) is 75.7 Å². The monoisotopic (exact) mass is 530 g/mol. The fourth-order valence-electron chi connectivity index (χ4n) is 6.37. The van der Waals surface area contributed by atoms with Gasteiger partial charge in [0.1, 0.15) is 41.7 Å². The number of rotatable bonds is 7. The molecule has 5 N–H and O–H groups in total. The number of phenolic OH excluding ortho intramolecular Hbond substituents is 1. The van der Waals surface area contributed by atoms with Gasteiger partial charge in [-0.05, 0) is 54.7 Å². The second-order valence-electron chi connectivity index (χ2n) is 10.9. The van der Waals surface area contributed by atoms with Crippen molar-refractivity contribution in [3.63, 3.8) is 0 Å². The average Bonchev–Trinajstić information content (AvgIpc) is 3.48. The number of ether oxygens (including phenoxy) is 3. The molecule has 0 spiro atoms. The summed E-state index contributed by atoms with van der Waals surface area (Å²) in [4.78, 5) is 13.9. The van der Waals surface area contributed by atoms with Crippen molar-refractivity contribution >= 4 is 16.6 Å². The van der Waals surface area contributed by atoms with E-state index in [2.05, 4.69) is 0 Å². The average molecular weight is 531 g/mol. The molecule has 5 atom stereocenters. The van der Waals surface area contributed by atoms with Gasteiger partial charge >= 0.3 is 0 Å². The number of methoxy groups -OCH3 is 1. The number of aliphatic hydroxyl groups is 4. The standard InChI is InChI=1S/C29H38O9/c1-36-18-11-17-12-19(15-7-5-6-8-15)23(24(31)16-9-3-2-4-10-16)26(33)22(17)20(13-18)37-29-28(35)27(34)25(32)21(14-30)38-29/h11-13,15-16,21,25,27-30,32-35H,2-10,14H2,1H3/t21-,25-,27+,28-,29-/m1/s1. The van der Waals surface area contributed by atoms with E-state index in [9.17, 15) is 30.3 Å². The van der Waals surface area contributed by atoms with Crippen LogP contribution in [0.3, 0.4) is 0 Å². The summed E-state index contributed by atoms with van der Waals surface area (Å²) in [5, 5.41) is 53.2. The molecule has 208 valence electrons. The highest BCUT2D eigenvalue weighted by atomic mass is 16.7. The van der Waals surface area contributed by atoms with Crippen molar-refractivity contribution in [3.05, 3.63) is 29.3 Å². The number of aromatic hydroxyl groups is 1. The molecule has 1 aliphatic heterocycles. The SMILES string of the molecule is COc1cc(O[C@@H]2O[C@H](CO)[C@@H](O)[C@H](O)[C@H]2O)c2c(O)c(C(=O)C3CCCCC3)c(C3CCCC3)cc2c1. The number of hydrogen-bond donors (Lipinski definition) is 5. The second kappa shape index (κ2) is 11.4. The van der Waals surface area contributed by atoms with Gasteiger partial charge in [-0.15, -0.1) is 0 Å². The third-order valence-corrected chi connectivity index (χ3v) is 8.52. The van der Waals surface area contributed by atoms with Gasteiger partial charge in [0.05, 0.1) is 24.7 Å². The second-order valence-corrected chi connectivity index (χ2v) is 10.9. The van der Waals surface area contributed by atoms with Gasteiger partial charge in [0, 0.05) is 12.0 Å². The fraction of sp³-hybridized carbons (Fsp3) is 0.621. The van der Waals surface area contributed by atoms with Gasteiger partial charge in [-0.2, -0.15) is 0 Å². The summed E-state index contributed by atoms with van der Waals surface area (Å²) in [5.41, 5.74) is 1.20. The molecule has 3 fully saturated rings. The number of Topliss-reactive ketones (excluding diaryl/α,β-unsaturated/α-hetero) is 1. The Kier molecular flexibility index (Phi) is 8.11. The highest BCUT2D eigenvalue weighted by Crippen LogP contribution is 2.47. The van der Waals surface area contributed by atoms with Gasteiger partial charge in [-0.3, -0.25) is 4.79 Å². The molecule has 9 nitrogen and oxygen atoms in total. The summed E-state index contributed by atoms with van der Waals surface area (Å²) in [6, 6.07) is 5.24. The summed E-state index contributed by atoms with van der Waals surface area (Å²) in [6.45, 7) is -0.598. The molecule has 2 aromatic rings. The number of phenols is 1. The van der Waals surface area contributed by atoms with E-state index in [1.807, 2.05) is 6.07 Å². The van der Waals surface area contributed by atoms with E-state index in [0.29, 0.717) is 16.7 Å². The molecule has 1 saturated heterocycles. The first kappa shape index (κ1) is 27.1. The van der Waals surface area contributed by atoms with Crippen LogP contribution >= 0.6 is 0 Å². The van der Waals surface area contributed by atoms with Gasteiger partial charge in [-0.25, -0.2) is 0 Å². The van der Waals surface area contributed by atoms with Gasteiger partial charge < -0.3 is 39.7 Å². The lowest BCUT2D eigenvalue weighted by atomic mass is 9.79. The van der Waals surface area contributed by atoms with Crippen molar-refractivity contribution in [2.75, 3.05) is 13.7 Å². The lowest BCUT2D eigenvalue weighted by Crippen LogP contribution is -2.60. The molecular formula is C29H38O9. The van der Waals surface area contributed by atoms with Gasteiger partial charge in [-0.1, -0.05) is 32.1 Å². The molecule has 0 bridgehead atoms. The van der Waals surface area contributed by atoms with Crippen molar-refractivity contribution in [2.45, 2.75) is 94.4 Å². The first-order valence-corrected chi connectivity index (χ1v) is 13.7. The number of carbonyl (C=O) groups excluding carboxylic acids is 1. The van der Waals surface area contributed by atoms with Gasteiger partial charge in [0.2, 0.25) is 6.29 Å². The minimum atomic E-state index is -1.63. The van der Waals surface area contributed by atoms with Crippen molar-refractivity contribution in [3.8, 4) is 17.2 Å². The van der Waals surface area contributed by atoms with Crippen LogP contribution in [0, 0.1) is 5.92 Å². The molecule has 5 rings (SSSR count). The molecule has 3 aliphatic rings. The Morgan fingerprint density at radius 1 is 0.947 bits per heavy atom. The molecule has 0 aromatic heterocycles. The maximum Gasteiger partial charge on any atom is 0.229 e. The van der Waals surface area contributed by atoms with E-state index in [4.69, 9.17) is 14.2 Å². The van der Waals surface area contributed by atoms with Crippen molar-refractivity contribution in [2.24, 2.45) is 5.92 Å². The highest BCUT2D eigenvalue weighted by molar-refractivity contribution is 6.09. The van der Waals surface area contributed by atoms with Gasteiger partial charge in [0.15, 0.2) is 5.78 Å². The lowest BCUT2D eigenvalue weighted by molar-refractivity contribution is -0.277. The topological polar surface area (TPSA) is 146 Å². The van der Waals surface area contributed by atoms with Crippen LogP contribution in [0.1, 0.15) is 79.6 Å². The largest absolute Gasteiger partial charge is 0.506 e. The van der Waals surface area contributed by atoms with E-state index in [1.165, 1.54) is 13.2 Å². The van der Waals surface area contributed by atoms with E-state index in [0.717, 1.165) is 63.4 Å². The van der Waals surface area contributed by atoms with Crippen molar-refractivity contribution in [1.29, 1.82) is 0 Å². The fourth-order valence-corrected chi connectivity index (χ4v) is 6.37. The van der Waals surface area contributed by atoms with Gasteiger partial charge in [0.25, 0.3) is 0 Å². The zero-order valence-corrected chi connectivity index (χ0v) is 21.7. The van der Waals surface area contributed by atoms with Crippen LogP contribution in [0.4, 0.5) is 0 Å². The van der Waals surface area contributed by atoms with E-state index in [-0.39, 0.29) is 34.5 Å². The third-order valence-electron chi connectivity index (χ3n) is 8.52.